The topological polar surface area (TPSA) is 176 Å². The fourth-order valence-corrected chi connectivity index (χ4v) is 10.3. The molecule has 2 amide bonds. The van der Waals surface area contributed by atoms with E-state index in [0.717, 1.165) is 45.4 Å². The fraction of sp³-hybridized carbons (Fsp3) is 0.391. The summed E-state index contributed by atoms with van der Waals surface area (Å²) < 4.78 is 12.7. The van der Waals surface area contributed by atoms with Crippen LogP contribution in [0, 0.1) is 13.8 Å². The summed E-state index contributed by atoms with van der Waals surface area (Å²) in [6.07, 6.45) is 5.27. The Labute approximate surface area is 400 Å². The molecular formula is C46H46Cl4N12O4. The minimum atomic E-state index is -1.71. The van der Waals surface area contributed by atoms with Crippen molar-refractivity contribution in [1.82, 2.24) is 40.1 Å². The van der Waals surface area contributed by atoms with Crippen molar-refractivity contribution < 1.29 is 19.1 Å². The lowest BCUT2D eigenvalue weighted by molar-refractivity contribution is -0.136. The zero-order valence-electron chi connectivity index (χ0n) is 36.1. The monoisotopic (exact) mass is 970 g/mol. The van der Waals surface area contributed by atoms with Crippen LogP contribution in [0.3, 0.4) is 0 Å². The molecule has 6 aromatic rings. The fourth-order valence-electron chi connectivity index (χ4n) is 9.38. The van der Waals surface area contributed by atoms with Gasteiger partial charge in [-0.3, -0.25) is 9.59 Å². The first-order chi connectivity index (χ1) is 31.9. The van der Waals surface area contributed by atoms with Crippen molar-refractivity contribution in [2.24, 2.45) is 0 Å². The van der Waals surface area contributed by atoms with Crippen LogP contribution in [0.1, 0.15) is 43.5 Å². The van der Waals surface area contributed by atoms with E-state index in [0.29, 0.717) is 84.9 Å². The van der Waals surface area contributed by atoms with Crippen molar-refractivity contribution >= 4 is 104 Å². The SMILES string of the molecule is Cc1nc(N2CCC(N3CCCC3)CC2)nc2ncc(NC(=O)C(Oc3ccc(Cl)cc3Cl)C(Oc3ccc(Cl)cc3Cl)C(=O)Nc3cnc4nc(N5CC6CC5CN6)nc(C)c4c3)cc12. The van der Waals surface area contributed by atoms with Gasteiger partial charge in [-0.15, -0.1) is 0 Å². The van der Waals surface area contributed by atoms with Gasteiger partial charge in [-0.2, -0.15) is 9.97 Å². The van der Waals surface area contributed by atoms with E-state index >= 15 is 0 Å². The zero-order valence-corrected chi connectivity index (χ0v) is 39.1. The highest BCUT2D eigenvalue weighted by Gasteiger charge is 2.41. The van der Waals surface area contributed by atoms with Crippen LogP contribution in [-0.2, 0) is 9.59 Å². The van der Waals surface area contributed by atoms with Crippen molar-refractivity contribution in [1.29, 1.82) is 0 Å². The molecule has 4 fully saturated rings. The van der Waals surface area contributed by atoms with Gasteiger partial charge in [0.2, 0.25) is 24.1 Å². The molecule has 0 spiro atoms. The van der Waals surface area contributed by atoms with Gasteiger partial charge in [-0.25, -0.2) is 19.9 Å². The van der Waals surface area contributed by atoms with Crippen LogP contribution < -0.4 is 35.2 Å². The second kappa shape index (κ2) is 18.7. The quantitative estimate of drug-likeness (QED) is 0.109. The number of pyridine rings is 2. The molecule has 10 rings (SSSR count). The minimum absolute atomic E-state index is 0.0558. The van der Waals surface area contributed by atoms with Gasteiger partial charge in [0.1, 0.15) is 11.5 Å². The molecule has 4 unspecified atom stereocenters. The molecule has 342 valence electrons. The van der Waals surface area contributed by atoms with Gasteiger partial charge >= 0.3 is 0 Å². The first-order valence-electron chi connectivity index (χ1n) is 22.1. The zero-order chi connectivity index (χ0) is 45.6. The van der Waals surface area contributed by atoms with E-state index in [1.54, 1.807) is 24.3 Å². The number of piperidine rings is 1. The Morgan fingerprint density at radius 3 is 1.73 bits per heavy atom. The van der Waals surface area contributed by atoms with Crippen LogP contribution >= 0.6 is 46.4 Å². The highest BCUT2D eigenvalue weighted by atomic mass is 35.5. The van der Waals surface area contributed by atoms with Gasteiger partial charge in [0.15, 0.2) is 11.3 Å². The smallest absolute Gasteiger partial charge is 0.270 e. The molecule has 3 N–H and O–H groups in total. The highest BCUT2D eigenvalue weighted by Crippen LogP contribution is 2.34. The summed E-state index contributed by atoms with van der Waals surface area (Å²) in [7, 11) is 0. The number of ether oxygens (including phenoxy) is 2. The molecule has 2 aromatic carbocycles. The molecule has 4 atom stereocenters. The number of hydrogen-bond acceptors (Lipinski definition) is 14. The van der Waals surface area contributed by atoms with Crippen molar-refractivity contribution in [2.45, 2.75) is 76.3 Å². The van der Waals surface area contributed by atoms with Gasteiger partial charge in [-0.05, 0) is 108 Å². The summed E-state index contributed by atoms with van der Waals surface area (Å²) in [6, 6.07) is 13.8. The van der Waals surface area contributed by atoms with Crippen molar-refractivity contribution in [3.05, 3.63) is 92.4 Å². The number of carbonyl (C=O) groups is 2. The molecule has 0 radical (unpaired) electrons. The minimum Gasteiger partial charge on any atom is -0.474 e. The molecular weight excluding hydrogens is 926 g/mol. The number of benzene rings is 2. The molecule has 20 heteroatoms. The number of nitrogens with one attached hydrogen (secondary N) is 3. The van der Waals surface area contributed by atoms with Gasteiger partial charge in [-0.1, -0.05) is 46.4 Å². The lowest BCUT2D eigenvalue weighted by Gasteiger charge is -2.36. The van der Waals surface area contributed by atoms with Crippen LogP contribution in [0.5, 0.6) is 11.5 Å². The largest absolute Gasteiger partial charge is 0.474 e. The molecule has 2 bridgehead atoms. The van der Waals surface area contributed by atoms with E-state index < -0.39 is 24.0 Å². The maximum atomic E-state index is 14.7. The van der Waals surface area contributed by atoms with Gasteiger partial charge in [0, 0.05) is 65.1 Å². The molecule has 66 heavy (non-hydrogen) atoms. The van der Waals surface area contributed by atoms with E-state index in [-0.39, 0.29) is 21.5 Å². The molecule has 8 heterocycles. The number of hydrogen-bond donors (Lipinski definition) is 3. The van der Waals surface area contributed by atoms with Crippen molar-refractivity contribution in [3.63, 3.8) is 0 Å². The van der Waals surface area contributed by atoms with E-state index in [2.05, 4.69) is 40.6 Å². The van der Waals surface area contributed by atoms with E-state index in [1.807, 2.05) is 13.8 Å². The number of amides is 2. The van der Waals surface area contributed by atoms with Crippen LogP contribution in [0.25, 0.3) is 22.1 Å². The summed E-state index contributed by atoms with van der Waals surface area (Å²) >= 11 is 25.7. The number of halogens is 4. The molecule has 4 saturated heterocycles. The third-order valence-electron chi connectivity index (χ3n) is 12.8. The number of fused-ring (bicyclic) bond motifs is 4. The summed E-state index contributed by atoms with van der Waals surface area (Å²) in [5.74, 6) is -0.189. The van der Waals surface area contributed by atoms with Crippen LogP contribution in [0.4, 0.5) is 23.3 Å². The second-order valence-corrected chi connectivity index (χ2v) is 18.9. The second-order valence-electron chi connectivity index (χ2n) is 17.2. The van der Waals surface area contributed by atoms with E-state index in [4.69, 9.17) is 75.8 Å². The van der Waals surface area contributed by atoms with Gasteiger partial charge in [0.25, 0.3) is 11.8 Å². The molecule has 4 aliphatic heterocycles. The normalized spacial score (nSPS) is 19.7. The highest BCUT2D eigenvalue weighted by molar-refractivity contribution is 6.36. The molecule has 4 aromatic heterocycles. The number of nitrogens with zero attached hydrogens (tertiary/aromatic N) is 9. The number of piperazine rings is 1. The Bertz CT molecular complexity index is 2850. The first kappa shape index (κ1) is 44.5. The van der Waals surface area contributed by atoms with Crippen LogP contribution in [0.15, 0.2) is 60.9 Å². The standard InChI is InChI=1S/C46H46Cl4N12O4/c1-24-33-18-28(20-52-41(33)58-45(54-24)61-13-9-31(10-14-61)60-11-3-4-12-60)56-43(63)39(65-37-7-5-26(47)15-35(37)49)40(66-38-8-6-27(48)16-36(38)50)44(64)57-29-19-34-25(2)55-46(59-42(34)53-21-29)62-23-30-17-32(62)22-51-30/h5-8,15-16,18-21,30-32,39-40,51H,3-4,9-14,17,22-23H2,1-2H3,(H,56,63)(H,57,64). The number of rotatable bonds is 12. The van der Waals surface area contributed by atoms with Crippen molar-refractivity contribution in [2.75, 3.05) is 59.7 Å². The Morgan fingerprint density at radius 1 is 0.697 bits per heavy atom. The Hall–Kier alpha value is -5.36. The predicted octanol–water partition coefficient (Wildman–Crippen LogP) is 7.68. The Balaban J connectivity index is 0.941. The third kappa shape index (κ3) is 9.31. The van der Waals surface area contributed by atoms with Crippen molar-refractivity contribution in [3.8, 4) is 11.5 Å². The summed E-state index contributed by atoms with van der Waals surface area (Å²) in [5, 5.41) is 11.4. The average Bonchev–Trinajstić information content (AvgIpc) is 4.10. The first-order valence-corrected chi connectivity index (χ1v) is 23.6. The maximum Gasteiger partial charge on any atom is 0.270 e. The molecule has 0 saturated carbocycles. The van der Waals surface area contributed by atoms with Crippen LogP contribution in [0.2, 0.25) is 20.1 Å². The molecule has 16 nitrogen and oxygen atoms in total. The van der Waals surface area contributed by atoms with Crippen LogP contribution in [-0.4, -0.2) is 116 Å². The van der Waals surface area contributed by atoms with E-state index in [9.17, 15) is 9.59 Å². The number of aromatic nitrogens is 6. The lowest BCUT2D eigenvalue weighted by atomic mass is 10.0. The maximum absolute atomic E-state index is 14.7. The number of anilines is 4. The Morgan fingerprint density at radius 2 is 1.23 bits per heavy atom. The third-order valence-corrected chi connectivity index (χ3v) is 13.9. The number of carbonyl (C=O) groups excluding carboxylic acids is 2. The number of aryl methyl sites for hydroxylation is 2. The average molecular weight is 973 g/mol. The summed E-state index contributed by atoms with van der Waals surface area (Å²) in [6.45, 7) is 9.55. The molecule has 0 aliphatic carbocycles. The van der Waals surface area contributed by atoms with Gasteiger partial charge < -0.3 is 40.1 Å². The summed E-state index contributed by atoms with van der Waals surface area (Å²) in [4.78, 5) is 65.0. The summed E-state index contributed by atoms with van der Waals surface area (Å²) in [5.41, 5.74) is 2.93. The van der Waals surface area contributed by atoms with E-state index in [1.165, 1.54) is 62.6 Å². The lowest BCUT2D eigenvalue weighted by Crippen LogP contribution is -2.51. The van der Waals surface area contributed by atoms with Gasteiger partial charge in [0.05, 0.1) is 45.2 Å². The number of likely N-dealkylation sites (tertiary alicyclic amines) is 1. The Kier molecular flexibility index (Phi) is 12.6. The molecule has 4 aliphatic rings. The predicted molar refractivity (Wildman–Crippen MR) is 257 cm³/mol.